The molecule has 1 fully saturated rings. The van der Waals surface area contributed by atoms with Gasteiger partial charge in [0.05, 0.1) is 0 Å². The van der Waals surface area contributed by atoms with E-state index < -0.39 is 23.6 Å². The summed E-state index contributed by atoms with van der Waals surface area (Å²) in [5.41, 5.74) is -2.05. The molecule has 2 aliphatic heterocycles. The molecule has 0 saturated carbocycles. The number of fused-ring (bicyclic) bond motifs is 1. The van der Waals surface area contributed by atoms with E-state index in [2.05, 4.69) is 15.2 Å². The number of rotatable bonds is 1. The summed E-state index contributed by atoms with van der Waals surface area (Å²) in [6, 6.07) is -0.660. The molecule has 1 unspecified atom stereocenters. The first kappa shape index (κ1) is 9.55. The van der Waals surface area contributed by atoms with Crippen molar-refractivity contribution in [3.8, 4) is 0 Å². The van der Waals surface area contributed by atoms with Crippen molar-refractivity contribution in [2.24, 2.45) is 4.99 Å². The minimum atomic E-state index is -2.05. The van der Waals surface area contributed by atoms with Crippen molar-refractivity contribution in [1.82, 2.24) is 15.5 Å². The van der Waals surface area contributed by atoms with Crippen molar-refractivity contribution >= 4 is 23.7 Å². The number of hydrogen-bond donors (Lipinski definition) is 4. The van der Waals surface area contributed by atoms with E-state index in [0.29, 0.717) is 0 Å². The van der Waals surface area contributed by atoms with Crippen LogP contribution in [0.3, 0.4) is 0 Å². The van der Waals surface area contributed by atoms with Gasteiger partial charge in [0, 0.05) is 7.05 Å². The van der Waals surface area contributed by atoms with Crippen molar-refractivity contribution in [3.05, 3.63) is 0 Å². The predicted octanol–water partition coefficient (Wildman–Crippen LogP) is -1.71. The Morgan fingerprint density at radius 1 is 1.60 bits per heavy atom. The molecule has 2 heterocycles. The lowest BCUT2D eigenvalue weighted by Gasteiger charge is -2.26. The summed E-state index contributed by atoms with van der Waals surface area (Å²) in [7, 11) is 1.33. The molecule has 0 aromatic carbocycles. The third-order valence-electron chi connectivity index (χ3n) is 2.13. The van der Waals surface area contributed by atoms with Crippen molar-refractivity contribution in [2.75, 3.05) is 7.05 Å². The van der Waals surface area contributed by atoms with Crippen LogP contribution in [0.25, 0.3) is 0 Å². The lowest BCUT2D eigenvalue weighted by atomic mass is 10.1. The Hall–Kier alpha value is -2.00. The third-order valence-corrected chi connectivity index (χ3v) is 2.13. The minimum absolute atomic E-state index is 0.177. The molecule has 0 aromatic rings. The van der Waals surface area contributed by atoms with Crippen LogP contribution in [0, 0.1) is 5.41 Å². The maximum Gasteiger partial charge on any atom is 0.325 e. The number of amidine groups is 1. The molecule has 9 nitrogen and oxygen atoms in total. The van der Waals surface area contributed by atoms with E-state index in [-0.39, 0.29) is 5.84 Å². The summed E-state index contributed by atoms with van der Waals surface area (Å²) in [6.45, 7) is 0. The van der Waals surface area contributed by atoms with Crippen LogP contribution in [0.1, 0.15) is 0 Å². The highest BCUT2D eigenvalue weighted by Gasteiger charge is 2.58. The van der Waals surface area contributed by atoms with Crippen LogP contribution in [-0.2, 0) is 9.68 Å². The molecule has 15 heavy (non-hydrogen) atoms. The van der Waals surface area contributed by atoms with E-state index in [1.807, 2.05) is 5.32 Å². The van der Waals surface area contributed by atoms with Gasteiger partial charge in [-0.1, -0.05) is 0 Å². The Balaban J connectivity index is 2.57. The number of nitrogens with zero attached hydrogens (tertiary/aromatic N) is 2. The zero-order chi connectivity index (χ0) is 11.2. The monoisotopic (exact) mass is 213 g/mol. The number of nitrogens with one attached hydrogen (secondary N) is 3. The van der Waals surface area contributed by atoms with E-state index in [1.54, 1.807) is 0 Å². The molecule has 1 atom stereocenters. The lowest BCUT2D eigenvalue weighted by molar-refractivity contribution is -0.294. The topological polar surface area (TPSA) is 127 Å². The Morgan fingerprint density at radius 2 is 2.27 bits per heavy atom. The van der Waals surface area contributed by atoms with Crippen molar-refractivity contribution in [2.45, 2.75) is 5.72 Å². The number of likely N-dealkylation sites (N-methyl/N-ethyl adjacent to an activating group) is 1. The maximum absolute atomic E-state index is 11.5. The number of carbonyl (C=O) groups is 2. The Morgan fingerprint density at radius 3 is 2.87 bits per heavy atom. The number of urea groups is 1. The van der Waals surface area contributed by atoms with E-state index in [0.717, 1.165) is 4.90 Å². The highest BCUT2D eigenvalue weighted by Crippen LogP contribution is 2.21. The van der Waals surface area contributed by atoms with Gasteiger partial charge in [-0.15, -0.1) is 0 Å². The molecule has 0 radical (unpaired) electrons. The van der Waals surface area contributed by atoms with Gasteiger partial charge in [0.25, 0.3) is 5.91 Å². The maximum atomic E-state index is 11.5. The van der Waals surface area contributed by atoms with Gasteiger partial charge in [-0.3, -0.25) is 25.7 Å². The molecule has 9 heteroatoms. The first-order valence-electron chi connectivity index (χ1n) is 3.89. The molecule has 4 N–H and O–H groups in total. The van der Waals surface area contributed by atoms with Gasteiger partial charge < -0.3 is 0 Å². The Kier molecular flexibility index (Phi) is 1.75. The molecule has 3 amide bonds. The molecule has 2 rings (SSSR count). The van der Waals surface area contributed by atoms with E-state index in [4.69, 9.17) is 10.7 Å². The number of amides is 3. The molecule has 0 spiro atoms. The molecular formula is C6H7N5O4. The standard InChI is InChI=1S/C6H7N5O4/c1-11-2-6(15-14,10-5(11)13)3(12)9-4(7)8-2/h14H,1H3,(H,10,13)(H2,7,9,12). The summed E-state index contributed by atoms with van der Waals surface area (Å²) in [5.74, 6) is -1.48. The smallest absolute Gasteiger partial charge is 0.293 e. The minimum Gasteiger partial charge on any atom is -0.293 e. The van der Waals surface area contributed by atoms with Crippen LogP contribution in [0.2, 0.25) is 0 Å². The van der Waals surface area contributed by atoms with Crippen molar-refractivity contribution in [1.29, 1.82) is 5.41 Å². The molecule has 0 aliphatic carbocycles. The van der Waals surface area contributed by atoms with Gasteiger partial charge in [0.2, 0.25) is 5.96 Å². The number of aliphatic imine (C=N–C) groups is 1. The first-order valence-corrected chi connectivity index (χ1v) is 3.89. The van der Waals surface area contributed by atoms with Gasteiger partial charge in [-0.05, 0) is 0 Å². The van der Waals surface area contributed by atoms with Crippen LogP contribution in [0.5, 0.6) is 0 Å². The second kappa shape index (κ2) is 2.74. The van der Waals surface area contributed by atoms with Crippen molar-refractivity contribution in [3.63, 3.8) is 0 Å². The third kappa shape index (κ3) is 1.04. The SMILES string of the molecule is CN1C(=O)NC2(OO)C(=O)NC(=N)N=C12. The average molecular weight is 213 g/mol. The normalized spacial score (nSPS) is 29.6. The van der Waals surface area contributed by atoms with E-state index >= 15 is 0 Å². The predicted molar refractivity (Wildman–Crippen MR) is 46.0 cm³/mol. The fraction of sp³-hybridized carbons (Fsp3) is 0.333. The van der Waals surface area contributed by atoms with Crippen LogP contribution >= 0.6 is 0 Å². The fourth-order valence-corrected chi connectivity index (χ4v) is 1.37. The molecular weight excluding hydrogens is 206 g/mol. The summed E-state index contributed by atoms with van der Waals surface area (Å²) in [5, 5.41) is 20.0. The van der Waals surface area contributed by atoms with Crippen LogP contribution < -0.4 is 10.6 Å². The van der Waals surface area contributed by atoms with Gasteiger partial charge in [-0.2, -0.15) is 9.88 Å². The van der Waals surface area contributed by atoms with Gasteiger partial charge in [-0.25, -0.2) is 10.1 Å². The Bertz CT molecular complexity index is 404. The zero-order valence-corrected chi connectivity index (χ0v) is 7.57. The van der Waals surface area contributed by atoms with Gasteiger partial charge in [0.15, 0.2) is 5.84 Å². The molecule has 0 aromatic heterocycles. The molecule has 1 saturated heterocycles. The van der Waals surface area contributed by atoms with Gasteiger partial charge >= 0.3 is 11.8 Å². The Labute approximate surface area is 83.2 Å². The van der Waals surface area contributed by atoms with Crippen molar-refractivity contribution < 1.29 is 19.7 Å². The summed E-state index contributed by atoms with van der Waals surface area (Å²) >= 11 is 0. The summed E-state index contributed by atoms with van der Waals surface area (Å²) in [4.78, 5) is 31.3. The summed E-state index contributed by atoms with van der Waals surface area (Å²) in [6.07, 6.45) is 0. The number of hydrogen-bond acceptors (Lipinski definition) is 5. The highest BCUT2D eigenvalue weighted by molar-refractivity contribution is 6.27. The van der Waals surface area contributed by atoms with Gasteiger partial charge in [0.1, 0.15) is 0 Å². The number of carbonyl (C=O) groups excluding carboxylic acids is 2. The largest absolute Gasteiger partial charge is 0.325 e. The molecule has 0 bridgehead atoms. The summed E-state index contributed by atoms with van der Waals surface area (Å²) < 4.78 is 0. The first-order chi connectivity index (χ1) is 7.01. The number of guanidine groups is 1. The van der Waals surface area contributed by atoms with Crippen LogP contribution in [0.15, 0.2) is 4.99 Å². The van der Waals surface area contributed by atoms with Crippen LogP contribution in [-0.4, -0.2) is 46.7 Å². The van der Waals surface area contributed by atoms with E-state index in [9.17, 15) is 9.59 Å². The second-order valence-electron chi connectivity index (χ2n) is 3.00. The van der Waals surface area contributed by atoms with E-state index in [1.165, 1.54) is 7.05 Å². The molecule has 80 valence electrons. The fourth-order valence-electron chi connectivity index (χ4n) is 1.37. The second-order valence-corrected chi connectivity index (χ2v) is 3.00. The highest BCUT2D eigenvalue weighted by atomic mass is 17.1. The molecule has 2 aliphatic rings. The quantitative estimate of drug-likeness (QED) is 0.305. The average Bonchev–Trinajstić information content (AvgIpc) is 2.43. The lowest BCUT2D eigenvalue weighted by Crippen LogP contribution is -2.63. The van der Waals surface area contributed by atoms with Crippen LogP contribution in [0.4, 0.5) is 4.79 Å². The zero-order valence-electron chi connectivity index (χ0n) is 7.57.